The van der Waals surface area contributed by atoms with Gasteiger partial charge in [-0.1, -0.05) is 0 Å². The van der Waals surface area contributed by atoms with E-state index in [1.807, 2.05) is 0 Å². The quantitative estimate of drug-likeness (QED) is 0.0742. The molecule has 3 saturated heterocycles. The number of hydrogen-bond donors (Lipinski definition) is 12. The molecule has 0 saturated carbocycles. The predicted molar refractivity (Wildman–Crippen MR) is 164 cm³/mol. The molecule has 0 spiro atoms. The second-order valence-electron chi connectivity index (χ2n) is 13.7. The number of carbonyl (C=O) groups is 1. The smallest absolute Gasteiger partial charge is 0.370 e. The number of carboxylic acid groups (broad SMARTS) is 1. The summed E-state index contributed by atoms with van der Waals surface area (Å²) in [6.45, 7) is 0.00197. The van der Waals surface area contributed by atoms with Crippen molar-refractivity contribution in [1.29, 1.82) is 0 Å². The number of aliphatic hydroxyl groups excluding tert-OH is 11. The van der Waals surface area contributed by atoms with Crippen molar-refractivity contribution in [3.63, 3.8) is 0 Å². The Hall–Kier alpha value is -1.67. The normalized spacial score (nSPS) is 46.3. The van der Waals surface area contributed by atoms with Gasteiger partial charge in [0.15, 0.2) is 11.9 Å². The highest BCUT2D eigenvalue weighted by Crippen LogP contribution is 2.32. The lowest BCUT2D eigenvalue weighted by molar-refractivity contribution is -0.281. The highest BCUT2D eigenvalue weighted by atomic mass is 16.6. The molecule has 3 fully saturated rings. The van der Waals surface area contributed by atoms with Crippen LogP contribution in [0.3, 0.4) is 0 Å². The van der Waals surface area contributed by atoms with Crippen LogP contribution in [0.5, 0.6) is 0 Å². The van der Waals surface area contributed by atoms with Crippen LogP contribution < -0.4 is 0 Å². The summed E-state index contributed by atoms with van der Waals surface area (Å²) in [4.78, 5) is 11.3. The van der Waals surface area contributed by atoms with Gasteiger partial charge in [0.2, 0.25) is 5.76 Å². The zero-order valence-corrected chi connectivity index (χ0v) is 28.2. The highest BCUT2D eigenvalue weighted by Gasteiger charge is 2.49. The first-order chi connectivity index (χ1) is 24.0. The molecule has 0 aromatic carbocycles. The maximum atomic E-state index is 11.3. The van der Waals surface area contributed by atoms with E-state index >= 15 is 0 Å². The summed E-state index contributed by atoms with van der Waals surface area (Å²) in [7, 11) is 0. The number of rotatable bonds is 15. The molecule has 4 heterocycles. The predicted octanol–water partition coefficient (Wildman–Crippen LogP) is -6.21. The van der Waals surface area contributed by atoms with E-state index < -0.39 is 141 Å². The minimum Gasteiger partial charge on any atom is -0.475 e. The lowest BCUT2D eigenvalue weighted by Gasteiger charge is -2.44. The number of ether oxygens (including phenoxy) is 7. The molecule has 51 heavy (non-hydrogen) atoms. The first-order valence-corrected chi connectivity index (χ1v) is 16.7. The molecule has 0 aromatic heterocycles. The molecule has 4 aliphatic heterocycles. The van der Waals surface area contributed by atoms with Crippen LogP contribution in [0.2, 0.25) is 0 Å². The standard InChI is InChI=1S/C31H52O20/c1-12-13(23(36)26(39)20(48-12)9-46-8-15-22(35)19(5-33)50-30(44)25(15)38)6-45-10-21-27(40)24(37)14(18(4-32)49-21)7-47-11-31(2)28(41)16(34)3-17(51-31)29(42)43/h3,12-16,18-28,30,32-41,44H,4-11H2,1-2H3,(H,42,43)/t12?,13?,14?,15-,16-,18?,19?,20?,21?,22?,23+,24-,25?,26?,27?,28?,30?,31?/m1/s1. The van der Waals surface area contributed by atoms with E-state index in [1.54, 1.807) is 6.92 Å². The van der Waals surface area contributed by atoms with E-state index in [2.05, 4.69) is 0 Å². The van der Waals surface area contributed by atoms with Crippen molar-refractivity contribution < 1.29 is 99.2 Å². The van der Waals surface area contributed by atoms with Crippen molar-refractivity contribution in [3.8, 4) is 0 Å². The molecular formula is C31H52O20. The Morgan fingerprint density at radius 2 is 1.22 bits per heavy atom. The van der Waals surface area contributed by atoms with E-state index in [9.17, 15) is 66.1 Å². The fourth-order valence-electron chi connectivity index (χ4n) is 6.80. The topological polar surface area (TPSA) is 324 Å². The zero-order chi connectivity index (χ0) is 37.8. The summed E-state index contributed by atoms with van der Waals surface area (Å²) in [6, 6.07) is 0. The van der Waals surface area contributed by atoms with Crippen LogP contribution in [-0.4, -0.2) is 211 Å². The molecule has 0 aliphatic carbocycles. The summed E-state index contributed by atoms with van der Waals surface area (Å²) in [5.41, 5.74) is -1.68. The third-order valence-corrected chi connectivity index (χ3v) is 10.1. The van der Waals surface area contributed by atoms with Crippen LogP contribution in [0.4, 0.5) is 0 Å². The van der Waals surface area contributed by atoms with E-state index in [0.29, 0.717) is 0 Å². The van der Waals surface area contributed by atoms with Gasteiger partial charge in [-0.2, -0.15) is 0 Å². The number of carboxylic acids is 1. The maximum Gasteiger partial charge on any atom is 0.370 e. The van der Waals surface area contributed by atoms with Crippen molar-refractivity contribution >= 4 is 5.97 Å². The average molecular weight is 745 g/mol. The number of aliphatic carboxylic acids is 1. The van der Waals surface area contributed by atoms with Crippen LogP contribution >= 0.6 is 0 Å². The van der Waals surface area contributed by atoms with Gasteiger partial charge in [0, 0.05) is 17.8 Å². The molecule has 20 heteroatoms. The molecular weight excluding hydrogens is 692 g/mol. The van der Waals surface area contributed by atoms with Crippen molar-refractivity contribution in [2.75, 3.05) is 52.9 Å². The molecule has 4 rings (SSSR count). The van der Waals surface area contributed by atoms with Crippen LogP contribution in [0, 0.1) is 17.8 Å². The molecule has 12 N–H and O–H groups in total. The lowest BCUT2D eigenvalue weighted by atomic mass is 9.87. The first kappa shape index (κ1) is 42.1. The van der Waals surface area contributed by atoms with Crippen LogP contribution in [0.15, 0.2) is 11.8 Å². The maximum absolute atomic E-state index is 11.3. The van der Waals surface area contributed by atoms with Crippen LogP contribution in [0.1, 0.15) is 13.8 Å². The third-order valence-electron chi connectivity index (χ3n) is 10.1. The third kappa shape index (κ3) is 9.53. The second-order valence-corrected chi connectivity index (χ2v) is 13.7. The monoisotopic (exact) mass is 744 g/mol. The van der Waals surface area contributed by atoms with Crippen LogP contribution in [0.25, 0.3) is 0 Å². The summed E-state index contributed by atoms with van der Waals surface area (Å²) >= 11 is 0. The van der Waals surface area contributed by atoms with Gasteiger partial charge in [-0.3, -0.25) is 0 Å². The second kappa shape index (κ2) is 18.1. The number of aliphatic hydroxyl groups is 11. The van der Waals surface area contributed by atoms with Gasteiger partial charge in [-0.25, -0.2) is 4.79 Å². The summed E-state index contributed by atoms with van der Waals surface area (Å²) in [5.74, 6) is -4.80. The highest BCUT2D eigenvalue weighted by molar-refractivity contribution is 5.84. The Bertz CT molecular complexity index is 1140. The molecule has 0 bridgehead atoms. The van der Waals surface area contributed by atoms with Crippen molar-refractivity contribution in [3.05, 3.63) is 11.8 Å². The molecule has 14 unspecified atom stereocenters. The molecule has 0 aromatic rings. The lowest BCUT2D eigenvalue weighted by Crippen LogP contribution is -2.59. The van der Waals surface area contributed by atoms with Gasteiger partial charge in [0.25, 0.3) is 0 Å². The molecule has 4 aliphatic rings. The Morgan fingerprint density at radius 1 is 0.667 bits per heavy atom. The molecule has 0 amide bonds. The number of hydrogen-bond acceptors (Lipinski definition) is 19. The Balaban J connectivity index is 1.23. The Morgan fingerprint density at radius 3 is 1.80 bits per heavy atom. The zero-order valence-electron chi connectivity index (χ0n) is 28.2. The minimum atomic E-state index is -1.68. The van der Waals surface area contributed by atoms with Gasteiger partial charge in [-0.15, -0.1) is 0 Å². The van der Waals surface area contributed by atoms with Crippen molar-refractivity contribution in [2.24, 2.45) is 17.8 Å². The van der Waals surface area contributed by atoms with Crippen LogP contribution in [-0.2, 0) is 38.0 Å². The first-order valence-electron chi connectivity index (χ1n) is 16.7. The SMILES string of the molecule is CC1OC(COC[C@H]2C(O)C(O)OC(CO)C2O)C(O)[C@@H](O)C1COCC1OC(CO)C(COCC2(C)OC(C(=O)O)=C[C@@H](O)C2O)[C@@H](O)C1O. The minimum absolute atomic E-state index is 0.174. The fraction of sp³-hybridized carbons (Fsp3) is 0.903. The summed E-state index contributed by atoms with van der Waals surface area (Å²) in [5, 5.41) is 123. The van der Waals surface area contributed by atoms with E-state index in [-0.39, 0.29) is 33.0 Å². The average Bonchev–Trinajstić information content (AvgIpc) is 3.09. The van der Waals surface area contributed by atoms with Crippen molar-refractivity contribution in [2.45, 2.75) is 105 Å². The van der Waals surface area contributed by atoms with E-state index in [1.165, 1.54) is 6.92 Å². The van der Waals surface area contributed by atoms with Crippen molar-refractivity contribution in [1.82, 2.24) is 0 Å². The molecule has 296 valence electrons. The molecule has 20 nitrogen and oxygen atoms in total. The molecule has 18 atom stereocenters. The van der Waals surface area contributed by atoms with E-state index in [4.69, 9.17) is 33.2 Å². The van der Waals surface area contributed by atoms with E-state index in [0.717, 1.165) is 6.08 Å². The van der Waals surface area contributed by atoms with Gasteiger partial charge >= 0.3 is 5.97 Å². The Kier molecular flexibility index (Phi) is 14.9. The summed E-state index contributed by atoms with van der Waals surface area (Å²) in [6.07, 6.45) is -17.5. The fourth-order valence-corrected chi connectivity index (χ4v) is 6.80. The van der Waals surface area contributed by atoms with Gasteiger partial charge in [0.1, 0.15) is 48.8 Å². The Labute approximate surface area is 292 Å². The van der Waals surface area contributed by atoms with Gasteiger partial charge < -0.3 is 94.4 Å². The largest absolute Gasteiger partial charge is 0.475 e. The van der Waals surface area contributed by atoms with Gasteiger partial charge in [0.05, 0.1) is 83.4 Å². The van der Waals surface area contributed by atoms with Gasteiger partial charge in [-0.05, 0) is 19.9 Å². The summed E-state index contributed by atoms with van der Waals surface area (Å²) < 4.78 is 38.8. The molecule has 0 radical (unpaired) electrons.